The fourth-order valence-corrected chi connectivity index (χ4v) is 14.4. The molecule has 0 radical (unpaired) electrons. The number of esters is 1. The lowest BCUT2D eigenvalue weighted by molar-refractivity contribution is -0.143. The van der Waals surface area contributed by atoms with E-state index in [0.717, 1.165) is 38.5 Å². The first-order chi connectivity index (χ1) is 45.5. The Kier molecular flexibility index (Phi) is 81.3. The van der Waals surface area contributed by atoms with Crippen LogP contribution in [0, 0.1) is 0 Å². The molecular weight excluding hydrogens is 1130 g/mol. The molecule has 0 aromatic rings. The van der Waals surface area contributed by atoms with E-state index in [1.807, 2.05) is 0 Å². The average Bonchev–Trinajstić information content (AvgIpc) is 3.77. The Bertz CT molecular complexity index is 1360. The summed E-state index contributed by atoms with van der Waals surface area (Å²) in [7, 11) is 0. The van der Waals surface area contributed by atoms with Gasteiger partial charge in [-0.2, -0.15) is 0 Å². The normalized spacial score (nSPS) is 12.3. The lowest BCUT2D eigenvalue weighted by Gasteiger charge is -2.22. The molecule has 0 spiro atoms. The van der Waals surface area contributed by atoms with E-state index in [2.05, 4.69) is 19.2 Å². The van der Waals surface area contributed by atoms with Gasteiger partial charge in [0.2, 0.25) is 5.91 Å². The number of hydrogen-bond donors (Lipinski definition) is 3. The molecule has 2 unspecified atom stereocenters. The van der Waals surface area contributed by atoms with Crippen LogP contribution in [0.3, 0.4) is 0 Å². The molecule has 0 saturated heterocycles. The highest BCUT2D eigenvalue weighted by Gasteiger charge is 2.20. The molecule has 0 heterocycles. The van der Waals surface area contributed by atoms with E-state index in [4.69, 9.17) is 4.74 Å². The van der Waals surface area contributed by atoms with Crippen LogP contribution in [0.1, 0.15) is 515 Å². The van der Waals surface area contributed by atoms with E-state index in [1.54, 1.807) is 0 Å². The fraction of sp³-hybridized carbons (Fsp3) is 0.977. The standard InChI is InChI=1S/C86H171NO5/c1-3-5-7-9-11-13-15-16-17-18-19-20-21-37-40-43-46-49-52-55-59-62-66-70-74-78-84(89)83(82-88)87-85(90)79-75-71-67-63-60-56-53-50-47-44-41-38-35-33-31-29-27-25-23-22-24-26-28-30-32-34-36-39-42-45-48-51-54-57-61-65-69-73-77-81-92-86(91)80-76-72-68-64-58-14-12-10-8-6-4-2/h83-84,88-89H,3-82H2,1-2H3,(H,87,90). The Balaban J connectivity index is 3.30. The lowest BCUT2D eigenvalue weighted by Crippen LogP contribution is -2.45. The number of nitrogens with one attached hydrogen (secondary N) is 1. The molecule has 2 atom stereocenters. The maximum atomic E-state index is 12.6. The van der Waals surface area contributed by atoms with Crippen LogP contribution >= 0.6 is 0 Å². The smallest absolute Gasteiger partial charge is 0.305 e. The summed E-state index contributed by atoms with van der Waals surface area (Å²) in [5.41, 5.74) is 0. The number of unbranched alkanes of at least 4 members (excludes halogenated alkanes) is 72. The minimum absolute atomic E-state index is 0.0217. The van der Waals surface area contributed by atoms with E-state index in [-0.39, 0.29) is 18.5 Å². The van der Waals surface area contributed by atoms with E-state index < -0.39 is 12.1 Å². The van der Waals surface area contributed by atoms with Gasteiger partial charge in [-0.05, 0) is 25.7 Å². The summed E-state index contributed by atoms with van der Waals surface area (Å²) < 4.78 is 5.49. The van der Waals surface area contributed by atoms with Crippen molar-refractivity contribution in [3.05, 3.63) is 0 Å². The van der Waals surface area contributed by atoms with Gasteiger partial charge in [0, 0.05) is 12.8 Å². The SMILES string of the molecule is CCCCCCCCCCCCCCCCCCCCCCCCCCCC(O)C(CO)NC(=O)CCCCCCCCCCCCCCCCCCCCCCCCCCCCCCCCCCCCCCCCCOC(=O)CCCCCCCCCCCCC. The van der Waals surface area contributed by atoms with Gasteiger partial charge < -0.3 is 20.3 Å². The molecule has 0 aliphatic heterocycles. The van der Waals surface area contributed by atoms with Crippen LogP contribution in [0.2, 0.25) is 0 Å². The topological polar surface area (TPSA) is 95.9 Å². The first-order valence-corrected chi connectivity index (χ1v) is 43.3. The van der Waals surface area contributed by atoms with Crippen LogP contribution in [-0.4, -0.2) is 47.4 Å². The molecule has 0 rings (SSSR count). The van der Waals surface area contributed by atoms with Crippen LogP contribution in [0.4, 0.5) is 0 Å². The molecule has 0 fully saturated rings. The Morgan fingerprint density at radius 1 is 0.261 bits per heavy atom. The number of aliphatic hydroxyl groups is 2. The number of amides is 1. The number of rotatable bonds is 83. The largest absolute Gasteiger partial charge is 0.466 e. The third-order valence-electron chi connectivity index (χ3n) is 20.9. The highest BCUT2D eigenvalue weighted by atomic mass is 16.5. The van der Waals surface area contributed by atoms with Crippen molar-refractivity contribution in [2.75, 3.05) is 13.2 Å². The highest BCUT2D eigenvalue weighted by Crippen LogP contribution is 2.22. The second-order valence-corrected chi connectivity index (χ2v) is 30.2. The number of carbonyl (C=O) groups excluding carboxylic acids is 2. The Morgan fingerprint density at radius 3 is 0.663 bits per heavy atom. The van der Waals surface area contributed by atoms with Gasteiger partial charge in [0.15, 0.2) is 0 Å². The van der Waals surface area contributed by atoms with Gasteiger partial charge in [-0.15, -0.1) is 0 Å². The van der Waals surface area contributed by atoms with Crippen LogP contribution in [0.25, 0.3) is 0 Å². The van der Waals surface area contributed by atoms with E-state index >= 15 is 0 Å². The van der Waals surface area contributed by atoms with Gasteiger partial charge in [-0.25, -0.2) is 0 Å². The summed E-state index contributed by atoms with van der Waals surface area (Å²) in [4.78, 5) is 24.6. The molecule has 550 valence electrons. The van der Waals surface area contributed by atoms with E-state index in [9.17, 15) is 19.8 Å². The summed E-state index contributed by atoms with van der Waals surface area (Å²) in [6.07, 6.45) is 104. The zero-order chi connectivity index (χ0) is 66.3. The summed E-state index contributed by atoms with van der Waals surface area (Å²) in [6.45, 7) is 5.02. The van der Waals surface area contributed by atoms with Gasteiger partial charge in [0.05, 0.1) is 25.4 Å². The van der Waals surface area contributed by atoms with Crippen molar-refractivity contribution in [2.24, 2.45) is 0 Å². The molecule has 3 N–H and O–H groups in total. The van der Waals surface area contributed by atoms with Crippen LogP contribution in [0.15, 0.2) is 0 Å². The monoisotopic (exact) mass is 1300 g/mol. The minimum Gasteiger partial charge on any atom is -0.466 e. The highest BCUT2D eigenvalue weighted by molar-refractivity contribution is 5.76. The first-order valence-electron chi connectivity index (χ1n) is 43.3. The number of hydrogen-bond acceptors (Lipinski definition) is 5. The summed E-state index contributed by atoms with van der Waals surface area (Å²) in [5.74, 6) is 0.00353. The predicted octanol–water partition coefficient (Wildman–Crippen LogP) is 28.8. The molecule has 6 nitrogen and oxygen atoms in total. The van der Waals surface area contributed by atoms with Crippen LogP contribution in [-0.2, 0) is 14.3 Å². The maximum Gasteiger partial charge on any atom is 0.305 e. The summed E-state index contributed by atoms with van der Waals surface area (Å²) in [5, 5.41) is 23.5. The van der Waals surface area contributed by atoms with Gasteiger partial charge >= 0.3 is 5.97 Å². The lowest BCUT2D eigenvalue weighted by atomic mass is 10.0. The number of aliphatic hydroxyl groups excluding tert-OH is 2. The quantitative estimate of drug-likeness (QED) is 0.0417. The van der Waals surface area contributed by atoms with Crippen LogP contribution in [0.5, 0.6) is 0 Å². The van der Waals surface area contributed by atoms with Crippen molar-refractivity contribution in [2.45, 2.75) is 527 Å². The van der Waals surface area contributed by atoms with Crippen molar-refractivity contribution < 1.29 is 24.5 Å². The molecule has 0 aromatic carbocycles. The molecule has 92 heavy (non-hydrogen) atoms. The summed E-state index contributed by atoms with van der Waals surface area (Å²) in [6, 6.07) is -0.537. The zero-order valence-corrected chi connectivity index (χ0v) is 63.3. The third-order valence-corrected chi connectivity index (χ3v) is 20.9. The maximum absolute atomic E-state index is 12.6. The molecule has 0 aliphatic carbocycles. The second kappa shape index (κ2) is 82.3. The molecule has 1 amide bonds. The van der Waals surface area contributed by atoms with Crippen molar-refractivity contribution in [1.82, 2.24) is 5.32 Å². The van der Waals surface area contributed by atoms with E-state index in [1.165, 1.54) is 443 Å². The van der Waals surface area contributed by atoms with Crippen molar-refractivity contribution in [3.63, 3.8) is 0 Å². The first kappa shape index (κ1) is 90.9. The number of carbonyl (C=O) groups is 2. The van der Waals surface area contributed by atoms with Crippen molar-refractivity contribution in [3.8, 4) is 0 Å². The average molecular weight is 1300 g/mol. The van der Waals surface area contributed by atoms with Gasteiger partial charge in [0.25, 0.3) is 0 Å². The van der Waals surface area contributed by atoms with Gasteiger partial charge in [-0.1, -0.05) is 476 Å². The molecular formula is C86H171NO5. The molecule has 0 saturated carbocycles. The molecule has 0 aliphatic rings. The molecule has 6 heteroatoms. The molecule has 0 aromatic heterocycles. The number of ether oxygens (including phenoxy) is 1. The molecule has 0 bridgehead atoms. The van der Waals surface area contributed by atoms with Crippen molar-refractivity contribution in [1.29, 1.82) is 0 Å². The minimum atomic E-state index is -0.661. The van der Waals surface area contributed by atoms with E-state index in [0.29, 0.717) is 25.9 Å². The predicted molar refractivity (Wildman–Crippen MR) is 407 cm³/mol. The van der Waals surface area contributed by atoms with Gasteiger partial charge in [-0.3, -0.25) is 9.59 Å². The Hall–Kier alpha value is -1.14. The van der Waals surface area contributed by atoms with Crippen molar-refractivity contribution >= 4 is 11.9 Å². The Morgan fingerprint density at radius 2 is 0.446 bits per heavy atom. The van der Waals surface area contributed by atoms with Gasteiger partial charge in [0.1, 0.15) is 0 Å². The fourth-order valence-electron chi connectivity index (χ4n) is 14.4. The zero-order valence-electron chi connectivity index (χ0n) is 63.3. The third kappa shape index (κ3) is 77.9. The van der Waals surface area contributed by atoms with Crippen LogP contribution < -0.4 is 5.32 Å². The second-order valence-electron chi connectivity index (χ2n) is 30.2. The Labute approximate surface area is 578 Å². The summed E-state index contributed by atoms with van der Waals surface area (Å²) >= 11 is 0.